The fourth-order valence-electron chi connectivity index (χ4n) is 3.10. The summed E-state index contributed by atoms with van der Waals surface area (Å²) in [6, 6.07) is 11.1. The van der Waals surface area contributed by atoms with Crippen molar-refractivity contribution >= 4 is 50.6 Å². The van der Waals surface area contributed by atoms with E-state index in [4.69, 9.17) is 11.6 Å². The highest BCUT2D eigenvalue weighted by Gasteiger charge is 2.33. The second kappa shape index (κ2) is 10.1. The lowest BCUT2D eigenvalue weighted by atomic mass is 9.99. The maximum atomic E-state index is 12.7. The van der Waals surface area contributed by atoms with Crippen LogP contribution in [0.15, 0.2) is 46.0 Å². The highest BCUT2D eigenvalue weighted by atomic mass is 35.5. The average Bonchev–Trinajstić information content (AvgIpc) is 3.25. The maximum Gasteiger partial charge on any atom is 0.252 e. The van der Waals surface area contributed by atoms with E-state index in [1.807, 2.05) is 24.3 Å². The van der Waals surface area contributed by atoms with E-state index >= 15 is 0 Å². The van der Waals surface area contributed by atoms with Gasteiger partial charge in [-0.2, -0.15) is 16.1 Å². The fourth-order valence-corrected chi connectivity index (χ4v) is 6.91. The number of benzene rings is 1. The fraction of sp³-hybridized carbons (Fsp3) is 0.421. The number of hydrogen-bond donors (Lipinski definition) is 1. The predicted octanol–water partition coefficient (Wildman–Crippen LogP) is 3.85. The molecule has 9 heteroatoms. The van der Waals surface area contributed by atoms with Crippen LogP contribution in [-0.4, -0.2) is 44.0 Å². The van der Waals surface area contributed by atoms with Gasteiger partial charge >= 0.3 is 0 Å². The standard InChI is InChI=1S/C19H23ClN2O3S3/c20-17-7-2-1-5-16(17)14-26-12-9-21-19(23)15-6-3-10-22(13-15)28(24,25)18-8-4-11-27-18/h1-2,4-5,7-8,11,15H,3,6,9-10,12-14H2,(H,21,23)/t15-/m0/s1. The summed E-state index contributed by atoms with van der Waals surface area (Å²) in [6.07, 6.45) is 1.42. The number of piperidine rings is 1. The van der Waals surface area contributed by atoms with Gasteiger partial charge in [-0.25, -0.2) is 8.42 Å². The molecule has 1 aliphatic rings. The topological polar surface area (TPSA) is 66.5 Å². The van der Waals surface area contributed by atoms with Gasteiger partial charge in [0, 0.05) is 36.2 Å². The Morgan fingerprint density at radius 1 is 1.29 bits per heavy atom. The Morgan fingerprint density at radius 3 is 2.86 bits per heavy atom. The summed E-state index contributed by atoms with van der Waals surface area (Å²) in [6.45, 7) is 1.28. The molecule has 1 aromatic heterocycles. The summed E-state index contributed by atoms with van der Waals surface area (Å²) >= 11 is 9.06. The third-order valence-electron chi connectivity index (χ3n) is 4.61. The summed E-state index contributed by atoms with van der Waals surface area (Å²) < 4.78 is 27.1. The summed E-state index contributed by atoms with van der Waals surface area (Å²) in [4.78, 5) is 12.5. The lowest BCUT2D eigenvalue weighted by molar-refractivity contribution is -0.125. The first-order chi connectivity index (χ1) is 13.5. The molecule has 28 heavy (non-hydrogen) atoms. The van der Waals surface area contributed by atoms with E-state index in [1.54, 1.807) is 29.3 Å². The van der Waals surface area contributed by atoms with Gasteiger partial charge in [-0.3, -0.25) is 4.79 Å². The minimum atomic E-state index is -3.49. The van der Waals surface area contributed by atoms with Gasteiger partial charge in [-0.1, -0.05) is 35.9 Å². The number of nitrogens with zero attached hydrogens (tertiary/aromatic N) is 1. The van der Waals surface area contributed by atoms with Crippen molar-refractivity contribution in [1.29, 1.82) is 0 Å². The van der Waals surface area contributed by atoms with Crippen molar-refractivity contribution in [3.63, 3.8) is 0 Å². The van der Waals surface area contributed by atoms with Crippen LogP contribution in [0, 0.1) is 5.92 Å². The molecule has 0 radical (unpaired) electrons. The Kier molecular flexibility index (Phi) is 7.82. The van der Waals surface area contributed by atoms with Gasteiger partial charge in [0.25, 0.3) is 10.0 Å². The van der Waals surface area contributed by atoms with Crippen molar-refractivity contribution in [1.82, 2.24) is 9.62 Å². The third kappa shape index (κ3) is 5.51. The van der Waals surface area contributed by atoms with Gasteiger partial charge in [0.1, 0.15) is 4.21 Å². The SMILES string of the molecule is O=C(NCCSCc1ccccc1Cl)[C@H]1CCCN(S(=O)(=O)c2cccs2)C1. The first-order valence-electron chi connectivity index (χ1n) is 9.11. The van der Waals surface area contributed by atoms with E-state index in [1.165, 1.54) is 15.6 Å². The zero-order valence-corrected chi connectivity index (χ0v) is 18.5. The largest absolute Gasteiger partial charge is 0.355 e. The molecule has 0 saturated carbocycles. The molecule has 1 aromatic carbocycles. The van der Waals surface area contributed by atoms with Crippen LogP contribution in [-0.2, 0) is 20.6 Å². The zero-order chi connectivity index (χ0) is 20.0. The molecule has 1 fully saturated rings. The molecule has 0 spiro atoms. The molecular formula is C19H23ClN2O3S3. The lowest BCUT2D eigenvalue weighted by Gasteiger charge is -2.30. The Labute approximate surface area is 179 Å². The van der Waals surface area contributed by atoms with E-state index in [0.717, 1.165) is 28.5 Å². The maximum absolute atomic E-state index is 12.7. The lowest BCUT2D eigenvalue weighted by Crippen LogP contribution is -2.45. The molecule has 1 aliphatic heterocycles. The van der Waals surface area contributed by atoms with Gasteiger partial charge in [0.2, 0.25) is 5.91 Å². The number of carbonyl (C=O) groups is 1. The monoisotopic (exact) mass is 458 g/mol. The molecule has 152 valence electrons. The van der Waals surface area contributed by atoms with Gasteiger partial charge < -0.3 is 5.32 Å². The first-order valence-corrected chi connectivity index (χ1v) is 13.0. The second-order valence-electron chi connectivity index (χ2n) is 6.57. The Bertz CT molecular complexity index is 888. The Morgan fingerprint density at radius 2 is 2.11 bits per heavy atom. The number of amides is 1. The Hall–Kier alpha value is -1.06. The molecule has 1 atom stereocenters. The smallest absolute Gasteiger partial charge is 0.252 e. The second-order valence-corrected chi connectivity index (χ2v) is 11.2. The molecule has 2 heterocycles. The van der Waals surface area contributed by atoms with Gasteiger partial charge in [-0.15, -0.1) is 11.3 Å². The van der Waals surface area contributed by atoms with Crippen molar-refractivity contribution in [3.8, 4) is 0 Å². The number of thiophene rings is 1. The van der Waals surface area contributed by atoms with E-state index in [0.29, 0.717) is 23.7 Å². The highest BCUT2D eigenvalue weighted by molar-refractivity contribution is 7.98. The summed E-state index contributed by atoms with van der Waals surface area (Å²) in [5, 5.41) is 5.46. The molecule has 0 aliphatic carbocycles. The van der Waals surface area contributed by atoms with Crippen molar-refractivity contribution in [2.24, 2.45) is 5.92 Å². The van der Waals surface area contributed by atoms with Gasteiger partial charge in [-0.05, 0) is 35.9 Å². The van der Waals surface area contributed by atoms with Crippen molar-refractivity contribution in [2.45, 2.75) is 22.8 Å². The van der Waals surface area contributed by atoms with E-state index in [2.05, 4.69) is 5.32 Å². The highest BCUT2D eigenvalue weighted by Crippen LogP contribution is 2.26. The number of sulfonamides is 1. The predicted molar refractivity (Wildman–Crippen MR) is 116 cm³/mol. The van der Waals surface area contributed by atoms with E-state index in [-0.39, 0.29) is 18.4 Å². The van der Waals surface area contributed by atoms with Crippen LogP contribution in [0.25, 0.3) is 0 Å². The molecule has 0 unspecified atom stereocenters. The molecule has 0 bridgehead atoms. The molecule has 2 aromatic rings. The molecule has 1 amide bonds. The van der Waals surface area contributed by atoms with Crippen molar-refractivity contribution in [2.75, 3.05) is 25.4 Å². The number of halogens is 1. The summed E-state index contributed by atoms with van der Waals surface area (Å²) in [7, 11) is -3.49. The molecule has 1 saturated heterocycles. The number of nitrogens with one attached hydrogen (secondary N) is 1. The van der Waals surface area contributed by atoms with Gasteiger partial charge in [0.15, 0.2) is 0 Å². The molecular weight excluding hydrogens is 436 g/mol. The van der Waals surface area contributed by atoms with E-state index in [9.17, 15) is 13.2 Å². The van der Waals surface area contributed by atoms with Crippen LogP contribution in [0.2, 0.25) is 5.02 Å². The first kappa shape index (κ1) is 21.6. The van der Waals surface area contributed by atoms with Crippen LogP contribution < -0.4 is 5.32 Å². The number of hydrogen-bond acceptors (Lipinski definition) is 5. The Balaban J connectivity index is 1.44. The zero-order valence-electron chi connectivity index (χ0n) is 15.3. The molecule has 3 rings (SSSR count). The number of carbonyl (C=O) groups excluding carboxylic acids is 1. The summed E-state index contributed by atoms with van der Waals surface area (Å²) in [5.74, 6) is 1.22. The minimum Gasteiger partial charge on any atom is -0.355 e. The van der Waals surface area contributed by atoms with Crippen LogP contribution in [0.3, 0.4) is 0 Å². The number of rotatable bonds is 8. The van der Waals surface area contributed by atoms with Crippen LogP contribution in [0.1, 0.15) is 18.4 Å². The van der Waals surface area contributed by atoms with Crippen molar-refractivity contribution < 1.29 is 13.2 Å². The molecule has 5 nitrogen and oxygen atoms in total. The third-order valence-corrected chi connectivity index (χ3v) is 9.22. The van der Waals surface area contributed by atoms with Crippen LogP contribution in [0.5, 0.6) is 0 Å². The van der Waals surface area contributed by atoms with Crippen molar-refractivity contribution in [3.05, 3.63) is 52.4 Å². The van der Waals surface area contributed by atoms with Crippen LogP contribution in [0.4, 0.5) is 0 Å². The molecule has 1 N–H and O–H groups in total. The normalized spacial score (nSPS) is 18.1. The summed E-state index contributed by atoms with van der Waals surface area (Å²) in [5.41, 5.74) is 1.09. The average molecular weight is 459 g/mol. The van der Waals surface area contributed by atoms with E-state index < -0.39 is 10.0 Å². The minimum absolute atomic E-state index is 0.0653. The quantitative estimate of drug-likeness (QED) is 0.610. The van der Waals surface area contributed by atoms with Crippen LogP contribution >= 0.6 is 34.7 Å². The number of thioether (sulfide) groups is 1. The van der Waals surface area contributed by atoms with Gasteiger partial charge in [0.05, 0.1) is 5.92 Å².